The fourth-order valence-corrected chi connectivity index (χ4v) is 2.06. The summed E-state index contributed by atoms with van der Waals surface area (Å²) in [5.74, 6) is 1.11. The van der Waals surface area contributed by atoms with Gasteiger partial charge in [0, 0.05) is 11.3 Å². The molecule has 0 spiro atoms. The predicted octanol–water partition coefficient (Wildman–Crippen LogP) is 3.02. The molecule has 0 saturated heterocycles. The highest BCUT2D eigenvalue weighted by atomic mass is 16.3. The summed E-state index contributed by atoms with van der Waals surface area (Å²) in [7, 11) is 0. The van der Waals surface area contributed by atoms with Crippen LogP contribution < -0.4 is 0 Å². The van der Waals surface area contributed by atoms with E-state index in [1.807, 2.05) is 43.5 Å². The average Bonchev–Trinajstić information content (AvgIpc) is 2.74. The molecule has 3 aromatic rings. The van der Waals surface area contributed by atoms with E-state index in [1.165, 1.54) is 0 Å². The number of phenolic OH excluding ortho intramolecular Hbond substituents is 1. The Morgan fingerprint density at radius 3 is 2.76 bits per heavy atom. The van der Waals surface area contributed by atoms with Crippen molar-refractivity contribution in [3.63, 3.8) is 0 Å². The maximum atomic E-state index is 9.52. The Labute approximate surface area is 99.0 Å². The van der Waals surface area contributed by atoms with Gasteiger partial charge in [-0.2, -0.15) is 0 Å². The van der Waals surface area contributed by atoms with Crippen LogP contribution in [0.25, 0.3) is 16.9 Å². The van der Waals surface area contributed by atoms with Gasteiger partial charge in [0.05, 0.1) is 11.7 Å². The molecule has 84 valence electrons. The zero-order valence-corrected chi connectivity index (χ0v) is 9.46. The molecule has 2 aromatic heterocycles. The monoisotopic (exact) mass is 224 g/mol. The van der Waals surface area contributed by atoms with E-state index in [0.717, 1.165) is 22.6 Å². The van der Waals surface area contributed by atoms with Crippen molar-refractivity contribution >= 4 is 5.52 Å². The first kappa shape index (κ1) is 9.90. The molecule has 0 amide bonds. The van der Waals surface area contributed by atoms with E-state index in [1.54, 1.807) is 12.1 Å². The molecule has 1 aromatic carbocycles. The van der Waals surface area contributed by atoms with Gasteiger partial charge in [-0.05, 0) is 31.2 Å². The standard InChI is InChI=1S/C14H12N2O/c1-10-4-2-6-12-9-15-14(16(10)12)11-5-3-7-13(17)8-11/h2-9,17H,1H3. The van der Waals surface area contributed by atoms with Gasteiger partial charge in [0.2, 0.25) is 0 Å². The first-order chi connectivity index (χ1) is 8.25. The maximum Gasteiger partial charge on any atom is 0.144 e. The van der Waals surface area contributed by atoms with Crippen molar-refractivity contribution < 1.29 is 5.11 Å². The third kappa shape index (κ3) is 1.56. The van der Waals surface area contributed by atoms with Crippen molar-refractivity contribution in [2.45, 2.75) is 6.92 Å². The molecule has 0 aliphatic carbocycles. The quantitative estimate of drug-likeness (QED) is 0.690. The second kappa shape index (κ2) is 3.63. The smallest absolute Gasteiger partial charge is 0.144 e. The van der Waals surface area contributed by atoms with Crippen LogP contribution in [0.4, 0.5) is 0 Å². The highest BCUT2D eigenvalue weighted by Gasteiger charge is 2.07. The molecule has 3 rings (SSSR count). The minimum atomic E-state index is 0.257. The SMILES string of the molecule is Cc1cccc2cnc(-c3cccc(O)c3)n12. The molecule has 0 fully saturated rings. The minimum Gasteiger partial charge on any atom is -0.508 e. The molecule has 17 heavy (non-hydrogen) atoms. The van der Waals surface area contributed by atoms with Crippen molar-refractivity contribution in [1.29, 1.82) is 0 Å². The number of nitrogens with zero attached hydrogens (tertiary/aromatic N) is 2. The summed E-state index contributed by atoms with van der Waals surface area (Å²) in [5, 5.41) is 9.52. The molecule has 0 aliphatic rings. The lowest BCUT2D eigenvalue weighted by Gasteiger charge is -2.05. The zero-order chi connectivity index (χ0) is 11.8. The third-order valence-corrected chi connectivity index (χ3v) is 2.85. The molecule has 0 atom stereocenters. The molecule has 0 saturated carbocycles. The zero-order valence-electron chi connectivity index (χ0n) is 9.46. The summed E-state index contributed by atoms with van der Waals surface area (Å²) in [4.78, 5) is 4.42. The van der Waals surface area contributed by atoms with Gasteiger partial charge in [0.1, 0.15) is 11.6 Å². The molecule has 0 aliphatic heterocycles. The lowest BCUT2D eigenvalue weighted by Crippen LogP contribution is -1.93. The van der Waals surface area contributed by atoms with Crippen LogP contribution in [0.1, 0.15) is 5.69 Å². The molecule has 1 N–H and O–H groups in total. The van der Waals surface area contributed by atoms with Crippen LogP contribution in [-0.2, 0) is 0 Å². The molecule has 0 radical (unpaired) electrons. The van der Waals surface area contributed by atoms with Crippen LogP contribution in [0.3, 0.4) is 0 Å². The van der Waals surface area contributed by atoms with Gasteiger partial charge in [-0.15, -0.1) is 0 Å². The summed E-state index contributed by atoms with van der Waals surface area (Å²) >= 11 is 0. The number of aromatic hydroxyl groups is 1. The van der Waals surface area contributed by atoms with E-state index in [-0.39, 0.29) is 5.75 Å². The summed E-state index contributed by atoms with van der Waals surface area (Å²) in [6.45, 7) is 2.04. The van der Waals surface area contributed by atoms with Crippen molar-refractivity contribution in [3.8, 4) is 17.1 Å². The number of phenols is 1. The van der Waals surface area contributed by atoms with Gasteiger partial charge in [-0.3, -0.25) is 4.40 Å². The van der Waals surface area contributed by atoms with E-state index < -0.39 is 0 Å². The normalized spacial score (nSPS) is 10.9. The van der Waals surface area contributed by atoms with E-state index in [0.29, 0.717) is 0 Å². The van der Waals surface area contributed by atoms with Gasteiger partial charge >= 0.3 is 0 Å². The van der Waals surface area contributed by atoms with E-state index in [2.05, 4.69) is 9.38 Å². The highest BCUT2D eigenvalue weighted by Crippen LogP contribution is 2.24. The molecule has 0 bridgehead atoms. The number of fused-ring (bicyclic) bond motifs is 1. The van der Waals surface area contributed by atoms with Crippen molar-refractivity contribution in [2.24, 2.45) is 0 Å². The lowest BCUT2D eigenvalue weighted by atomic mass is 10.2. The Morgan fingerprint density at radius 2 is 1.94 bits per heavy atom. The van der Waals surface area contributed by atoms with Crippen molar-refractivity contribution in [2.75, 3.05) is 0 Å². The number of aryl methyl sites for hydroxylation is 1. The maximum absolute atomic E-state index is 9.52. The fraction of sp³-hybridized carbons (Fsp3) is 0.0714. The number of hydrogen-bond donors (Lipinski definition) is 1. The number of rotatable bonds is 1. The van der Waals surface area contributed by atoms with Crippen LogP contribution in [0.5, 0.6) is 5.75 Å². The third-order valence-electron chi connectivity index (χ3n) is 2.85. The number of imidazole rings is 1. The van der Waals surface area contributed by atoms with Gasteiger partial charge < -0.3 is 5.11 Å². The van der Waals surface area contributed by atoms with Crippen LogP contribution in [0.15, 0.2) is 48.7 Å². The Bertz CT molecular complexity index is 686. The van der Waals surface area contributed by atoms with E-state index >= 15 is 0 Å². The van der Waals surface area contributed by atoms with Crippen molar-refractivity contribution in [1.82, 2.24) is 9.38 Å². The summed E-state index contributed by atoms with van der Waals surface area (Å²) in [6, 6.07) is 13.2. The van der Waals surface area contributed by atoms with Crippen LogP contribution in [-0.4, -0.2) is 14.5 Å². The average molecular weight is 224 g/mol. The first-order valence-corrected chi connectivity index (χ1v) is 5.48. The van der Waals surface area contributed by atoms with Gasteiger partial charge in [0.15, 0.2) is 0 Å². The Kier molecular flexibility index (Phi) is 2.11. The van der Waals surface area contributed by atoms with E-state index in [4.69, 9.17) is 0 Å². The highest BCUT2D eigenvalue weighted by molar-refractivity contribution is 5.64. The minimum absolute atomic E-state index is 0.257. The number of aromatic nitrogens is 2. The second-order valence-electron chi connectivity index (χ2n) is 4.06. The number of hydrogen-bond acceptors (Lipinski definition) is 2. The lowest BCUT2D eigenvalue weighted by molar-refractivity contribution is 0.475. The first-order valence-electron chi connectivity index (χ1n) is 5.48. The Balaban J connectivity index is 2.31. The van der Waals surface area contributed by atoms with Gasteiger partial charge in [-0.1, -0.05) is 18.2 Å². The summed E-state index contributed by atoms with van der Waals surface area (Å²) < 4.78 is 2.08. The Morgan fingerprint density at radius 1 is 1.12 bits per heavy atom. The molecule has 2 heterocycles. The van der Waals surface area contributed by atoms with E-state index in [9.17, 15) is 5.11 Å². The number of pyridine rings is 1. The molecule has 0 unspecified atom stereocenters. The van der Waals surface area contributed by atoms with Gasteiger partial charge in [-0.25, -0.2) is 4.98 Å². The van der Waals surface area contributed by atoms with Crippen LogP contribution >= 0.6 is 0 Å². The topological polar surface area (TPSA) is 37.5 Å². The molecular formula is C14H12N2O. The molecule has 3 nitrogen and oxygen atoms in total. The van der Waals surface area contributed by atoms with Gasteiger partial charge in [0.25, 0.3) is 0 Å². The van der Waals surface area contributed by atoms with Crippen LogP contribution in [0, 0.1) is 6.92 Å². The molecular weight excluding hydrogens is 212 g/mol. The predicted molar refractivity (Wildman–Crippen MR) is 67.0 cm³/mol. The molecule has 3 heteroatoms. The van der Waals surface area contributed by atoms with Crippen LogP contribution in [0.2, 0.25) is 0 Å². The summed E-state index contributed by atoms with van der Waals surface area (Å²) in [5.41, 5.74) is 3.10. The summed E-state index contributed by atoms with van der Waals surface area (Å²) in [6.07, 6.45) is 1.84. The number of benzene rings is 1. The fourth-order valence-electron chi connectivity index (χ4n) is 2.06. The Hall–Kier alpha value is -2.29. The second-order valence-corrected chi connectivity index (χ2v) is 4.06. The largest absolute Gasteiger partial charge is 0.508 e. The van der Waals surface area contributed by atoms with Crippen molar-refractivity contribution in [3.05, 3.63) is 54.4 Å².